The van der Waals surface area contributed by atoms with Gasteiger partial charge in [0.05, 0.1) is 17.0 Å². The molecule has 0 bridgehead atoms. The molecule has 7 nitrogen and oxygen atoms in total. The zero-order chi connectivity index (χ0) is 23.7. The normalized spacial score (nSPS) is 14.1. The molecule has 3 heterocycles. The summed E-state index contributed by atoms with van der Waals surface area (Å²) in [5, 5.41) is 16.5. The van der Waals surface area contributed by atoms with Gasteiger partial charge in [0.15, 0.2) is 0 Å². The second-order valence-corrected chi connectivity index (χ2v) is 8.70. The third kappa shape index (κ3) is 3.84. The summed E-state index contributed by atoms with van der Waals surface area (Å²) in [6, 6.07) is 15.7. The van der Waals surface area contributed by atoms with Crippen LogP contribution in [0.15, 0.2) is 61.1 Å². The van der Waals surface area contributed by atoms with Crippen LogP contribution >= 0.6 is 0 Å². The predicted molar refractivity (Wildman–Crippen MR) is 133 cm³/mol. The van der Waals surface area contributed by atoms with Crippen LogP contribution in [0.1, 0.15) is 40.9 Å². The second kappa shape index (κ2) is 8.56. The first-order valence-electron chi connectivity index (χ1n) is 11.2. The molecule has 1 aromatic carbocycles. The number of rotatable bonds is 5. The molecule has 0 radical (unpaired) electrons. The Morgan fingerprint density at radius 3 is 2.65 bits per heavy atom. The van der Waals surface area contributed by atoms with E-state index in [4.69, 9.17) is 0 Å². The van der Waals surface area contributed by atoms with Crippen molar-refractivity contribution in [3.05, 3.63) is 77.9 Å². The summed E-state index contributed by atoms with van der Waals surface area (Å²) >= 11 is 0. The van der Waals surface area contributed by atoms with Gasteiger partial charge in [0.25, 0.3) is 5.91 Å². The molecule has 5 rings (SSSR count). The van der Waals surface area contributed by atoms with Crippen LogP contribution in [-0.4, -0.2) is 27.9 Å². The molecule has 4 aromatic rings. The number of nitriles is 1. The van der Waals surface area contributed by atoms with Crippen LogP contribution in [0.5, 0.6) is 0 Å². The van der Waals surface area contributed by atoms with Crippen molar-refractivity contribution in [1.29, 1.82) is 5.26 Å². The summed E-state index contributed by atoms with van der Waals surface area (Å²) in [7, 11) is 1.83. The summed E-state index contributed by atoms with van der Waals surface area (Å²) in [5.41, 5.74) is 5.20. The number of hydrogen-bond donors (Lipinski definition) is 2. The number of benzene rings is 1. The minimum Gasteiger partial charge on any atom is -0.373 e. The molecule has 1 aliphatic carbocycles. The van der Waals surface area contributed by atoms with Crippen LogP contribution in [0.4, 0.5) is 11.5 Å². The molecule has 34 heavy (non-hydrogen) atoms. The highest BCUT2D eigenvalue weighted by Gasteiger charge is 2.39. The zero-order valence-corrected chi connectivity index (χ0v) is 19.1. The van der Waals surface area contributed by atoms with Crippen molar-refractivity contribution >= 4 is 28.3 Å². The van der Waals surface area contributed by atoms with E-state index in [1.54, 1.807) is 18.5 Å². The molecule has 1 amide bonds. The molecule has 0 aliphatic heterocycles. The molecule has 168 valence electrons. The van der Waals surface area contributed by atoms with Gasteiger partial charge in [-0.15, -0.1) is 0 Å². The molecule has 0 atom stereocenters. The van der Waals surface area contributed by atoms with Gasteiger partial charge in [0, 0.05) is 48.3 Å². The Balaban J connectivity index is 1.42. The number of aromatic nitrogens is 3. The lowest BCUT2D eigenvalue weighted by Gasteiger charge is -2.35. The van der Waals surface area contributed by atoms with E-state index in [-0.39, 0.29) is 5.91 Å². The maximum atomic E-state index is 13.0. The van der Waals surface area contributed by atoms with Crippen molar-refractivity contribution in [2.45, 2.75) is 31.6 Å². The minimum absolute atomic E-state index is 0.301. The van der Waals surface area contributed by atoms with Crippen molar-refractivity contribution < 1.29 is 4.79 Å². The maximum Gasteiger partial charge on any atom is 0.274 e. The molecule has 1 aliphatic rings. The van der Waals surface area contributed by atoms with Crippen LogP contribution in [0.25, 0.3) is 22.0 Å². The largest absolute Gasteiger partial charge is 0.373 e. The Morgan fingerprint density at radius 2 is 1.91 bits per heavy atom. The van der Waals surface area contributed by atoms with Gasteiger partial charge in [-0.1, -0.05) is 6.07 Å². The highest BCUT2D eigenvalue weighted by Crippen LogP contribution is 2.43. The number of carbonyl (C=O) groups excluding carboxylic acids is 1. The number of amides is 1. The fourth-order valence-electron chi connectivity index (χ4n) is 4.36. The SMILES string of the molecule is CNc1cc2ncc(-c3cc(NC(=O)c4cc(C5(C#N)CCC5)ccn4)ccc3C)cc2cn1. The topological polar surface area (TPSA) is 104 Å². The van der Waals surface area contributed by atoms with E-state index in [0.717, 1.165) is 58.2 Å². The van der Waals surface area contributed by atoms with Gasteiger partial charge in [-0.3, -0.25) is 14.8 Å². The minimum atomic E-state index is -0.485. The molecular formula is C27H24N6O. The number of nitrogens with one attached hydrogen (secondary N) is 2. The Labute approximate surface area is 197 Å². The Hall–Kier alpha value is -4.31. The Bertz CT molecular complexity index is 1450. The van der Waals surface area contributed by atoms with Gasteiger partial charge in [-0.25, -0.2) is 4.98 Å². The van der Waals surface area contributed by atoms with E-state index in [0.29, 0.717) is 11.4 Å². The smallest absolute Gasteiger partial charge is 0.274 e. The van der Waals surface area contributed by atoms with Crippen molar-refractivity contribution in [3.63, 3.8) is 0 Å². The van der Waals surface area contributed by atoms with Crippen LogP contribution in [0, 0.1) is 18.3 Å². The van der Waals surface area contributed by atoms with E-state index in [9.17, 15) is 10.1 Å². The summed E-state index contributed by atoms with van der Waals surface area (Å²) in [5.74, 6) is 0.466. The zero-order valence-electron chi connectivity index (χ0n) is 19.1. The van der Waals surface area contributed by atoms with Crippen molar-refractivity contribution in [3.8, 4) is 17.2 Å². The van der Waals surface area contributed by atoms with Gasteiger partial charge < -0.3 is 10.6 Å². The lowest BCUT2D eigenvalue weighted by molar-refractivity contribution is 0.102. The molecule has 2 N–H and O–H groups in total. The predicted octanol–water partition coefficient (Wildman–Crippen LogP) is 5.24. The van der Waals surface area contributed by atoms with Crippen LogP contribution < -0.4 is 10.6 Å². The van der Waals surface area contributed by atoms with Gasteiger partial charge in [-0.05, 0) is 73.2 Å². The fourth-order valence-corrected chi connectivity index (χ4v) is 4.36. The van der Waals surface area contributed by atoms with Crippen LogP contribution in [0.2, 0.25) is 0 Å². The number of hydrogen-bond acceptors (Lipinski definition) is 6. The van der Waals surface area contributed by atoms with Crippen molar-refractivity contribution in [1.82, 2.24) is 15.0 Å². The first-order valence-corrected chi connectivity index (χ1v) is 11.2. The third-order valence-electron chi connectivity index (χ3n) is 6.59. The van der Waals surface area contributed by atoms with Crippen LogP contribution in [0.3, 0.4) is 0 Å². The average Bonchev–Trinajstić information content (AvgIpc) is 2.84. The standard InChI is InChI=1S/C27H24N6O/c1-17-4-5-21(12-22(17)18-10-19-15-32-25(29-2)13-23(19)31-14-18)33-26(34)24-11-20(6-9-30-24)27(16-28)7-3-8-27/h4-6,9-15H,3,7-8H2,1-2H3,(H,29,32)(H,33,34). The molecule has 0 spiro atoms. The maximum absolute atomic E-state index is 13.0. The quantitative estimate of drug-likeness (QED) is 0.433. The lowest BCUT2D eigenvalue weighted by Crippen LogP contribution is -2.32. The molecule has 1 fully saturated rings. The van der Waals surface area contributed by atoms with Crippen LogP contribution in [-0.2, 0) is 5.41 Å². The highest BCUT2D eigenvalue weighted by molar-refractivity contribution is 6.03. The number of fused-ring (bicyclic) bond motifs is 1. The van der Waals surface area contributed by atoms with Crippen molar-refractivity contribution in [2.24, 2.45) is 0 Å². The molecule has 0 saturated heterocycles. The monoisotopic (exact) mass is 448 g/mol. The Kier molecular flexibility index (Phi) is 5.42. The fraction of sp³-hybridized carbons (Fsp3) is 0.222. The molecule has 3 aromatic heterocycles. The number of carbonyl (C=O) groups is 1. The van der Waals surface area contributed by atoms with Gasteiger partial charge >= 0.3 is 0 Å². The van der Waals surface area contributed by atoms with Gasteiger partial charge in [0.1, 0.15) is 11.5 Å². The summed E-state index contributed by atoms with van der Waals surface area (Å²) in [6.07, 6.45) is 7.91. The van der Waals surface area contributed by atoms with Gasteiger partial charge in [-0.2, -0.15) is 5.26 Å². The molecular weight excluding hydrogens is 424 g/mol. The van der Waals surface area contributed by atoms with Gasteiger partial charge in [0.2, 0.25) is 0 Å². The summed E-state index contributed by atoms with van der Waals surface area (Å²) in [4.78, 5) is 26.2. The first kappa shape index (κ1) is 21.5. The second-order valence-electron chi connectivity index (χ2n) is 8.70. The molecule has 0 unspecified atom stereocenters. The van der Waals surface area contributed by atoms with E-state index in [1.807, 2.05) is 56.6 Å². The number of pyridine rings is 3. The molecule has 1 saturated carbocycles. The lowest BCUT2D eigenvalue weighted by atomic mass is 9.66. The van der Waals surface area contributed by atoms with Crippen molar-refractivity contribution in [2.75, 3.05) is 17.7 Å². The van der Waals surface area contributed by atoms with E-state index >= 15 is 0 Å². The Morgan fingerprint density at radius 1 is 1.06 bits per heavy atom. The molecule has 7 heteroatoms. The van der Waals surface area contributed by atoms with E-state index in [1.165, 1.54) is 0 Å². The van der Waals surface area contributed by atoms with E-state index < -0.39 is 5.41 Å². The number of aryl methyl sites for hydroxylation is 1. The summed E-state index contributed by atoms with van der Waals surface area (Å²) < 4.78 is 0. The highest BCUT2D eigenvalue weighted by atomic mass is 16.1. The van der Waals surface area contributed by atoms with E-state index in [2.05, 4.69) is 31.7 Å². The third-order valence-corrected chi connectivity index (χ3v) is 6.59. The summed E-state index contributed by atoms with van der Waals surface area (Å²) in [6.45, 7) is 2.03. The average molecular weight is 449 g/mol. The number of nitrogens with zero attached hydrogens (tertiary/aromatic N) is 4. The first-order chi connectivity index (χ1) is 16.5. The number of anilines is 2.